The van der Waals surface area contributed by atoms with Crippen LogP contribution in [0.3, 0.4) is 0 Å². The molecule has 0 unspecified atom stereocenters. The van der Waals surface area contributed by atoms with Crippen LogP contribution in [0, 0.1) is 5.92 Å². The van der Waals surface area contributed by atoms with Crippen molar-refractivity contribution in [2.75, 3.05) is 26.2 Å². The van der Waals surface area contributed by atoms with Crippen LogP contribution in [0.2, 0.25) is 0 Å². The molecular formula is C16H24N2O. The fourth-order valence-corrected chi connectivity index (χ4v) is 3.36. The van der Waals surface area contributed by atoms with Gasteiger partial charge in [-0.05, 0) is 56.5 Å². The molecule has 19 heavy (non-hydrogen) atoms. The Morgan fingerprint density at radius 3 is 2.84 bits per heavy atom. The number of hydrogen-bond donors (Lipinski definition) is 1. The molecule has 0 spiro atoms. The van der Waals surface area contributed by atoms with E-state index in [-0.39, 0.29) is 0 Å². The quantitative estimate of drug-likeness (QED) is 0.879. The molecule has 0 saturated carbocycles. The van der Waals surface area contributed by atoms with Crippen LogP contribution >= 0.6 is 0 Å². The third-order valence-electron chi connectivity index (χ3n) is 4.43. The summed E-state index contributed by atoms with van der Waals surface area (Å²) in [7, 11) is 0. The van der Waals surface area contributed by atoms with Crippen LogP contribution < -0.4 is 10.1 Å². The Balaban J connectivity index is 1.55. The van der Waals surface area contributed by atoms with Gasteiger partial charge in [0.05, 0.1) is 6.61 Å². The number of hydrogen-bond acceptors (Lipinski definition) is 3. The normalized spacial score (nSPS) is 29.4. The average Bonchev–Trinajstić information content (AvgIpc) is 2.47. The third kappa shape index (κ3) is 3.10. The van der Waals surface area contributed by atoms with E-state index >= 15 is 0 Å². The molecule has 3 aliphatic heterocycles. The van der Waals surface area contributed by atoms with Gasteiger partial charge in [-0.25, -0.2) is 0 Å². The monoisotopic (exact) mass is 260 g/mol. The smallest absolute Gasteiger partial charge is 0.119 e. The molecule has 3 heteroatoms. The van der Waals surface area contributed by atoms with Crippen LogP contribution in [0.25, 0.3) is 0 Å². The number of fused-ring (bicyclic) bond motifs is 3. The molecule has 1 N–H and O–H groups in total. The first-order valence-electron chi connectivity index (χ1n) is 7.52. The fourth-order valence-electron chi connectivity index (χ4n) is 3.36. The van der Waals surface area contributed by atoms with Crippen LogP contribution in [0.1, 0.15) is 25.3 Å². The Bertz CT molecular complexity index is 413. The standard InChI is InChI=1S/C16H24N2O/c1-2-19-15-5-3-4-13(10-15)11-17-16-12-18-8-6-14(16)7-9-18/h3-5,10,14,16-17H,2,6-9,11-12H2,1H3/t16-/m1/s1. The number of nitrogens with one attached hydrogen (secondary N) is 1. The van der Waals surface area contributed by atoms with Crippen molar-refractivity contribution in [2.45, 2.75) is 32.4 Å². The summed E-state index contributed by atoms with van der Waals surface area (Å²) in [5, 5.41) is 3.74. The van der Waals surface area contributed by atoms with Crippen molar-refractivity contribution in [3.63, 3.8) is 0 Å². The average molecular weight is 260 g/mol. The van der Waals surface area contributed by atoms with Gasteiger partial charge >= 0.3 is 0 Å². The maximum absolute atomic E-state index is 5.55. The lowest BCUT2D eigenvalue weighted by atomic mass is 9.84. The lowest BCUT2D eigenvalue weighted by Gasteiger charge is -2.45. The molecule has 3 fully saturated rings. The van der Waals surface area contributed by atoms with Gasteiger partial charge in [0, 0.05) is 19.1 Å². The molecule has 2 bridgehead atoms. The molecule has 1 atom stereocenters. The van der Waals surface area contributed by atoms with Crippen LogP contribution in [0.15, 0.2) is 24.3 Å². The minimum absolute atomic E-state index is 0.679. The van der Waals surface area contributed by atoms with E-state index in [9.17, 15) is 0 Å². The summed E-state index contributed by atoms with van der Waals surface area (Å²) in [5.41, 5.74) is 1.32. The third-order valence-corrected chi connectivity index (χ3v) is 4.43. The molecule has 3 heterocycles. The number of piperidine rings is 3. The summed E-state index contributed by atoms with van der Waals surface area (Å²) < 4.78 is 5.55. The molecule has 3 saturated heterocycles. The Morgan fingerprint density at radius 2 is 2.16 bits per heavy atom. The van der Waals surface area contributed by atoms with Gasteiger partial charge in [-0.3, -0.25) is 0 Å². The number of rotatable bonds is 5. The zero-order chi connectivity index (χ0) is 13.1. The van der Waals surface area contributed by atoms with E-state index < -0.39 is 0 Å². The Labute approximate surface area is 115 Å². The van der Waals surface area contributed by atoms with E-state index in [2.05, 4.69) is 28.4 Å². The highest BCUT2D eigenvalue weighted by Gasteiger charge is 2.33. The van der Waals surface area contributed by atoms with E-state index in [1.54, 1.807) is 0 Å². The Kier molecular flexibility index (Phi) is 4.04. The first kappa shape index (κ1) is 12.9. The minimum Gasteiger partial charge on any atom is -0.494 e. The van der Waals surface area contributed by atoms with Crippen molar-refractivity contribution in [3.8, 4) is 5.75 Å². The Hall–Kier alpha value is -1.06. The summed E-state index contributed by atoms with van der Waals surface area (Å²) in [6.45, 7) is 7.56. The topological polar surface area (TPSA) is 24.5 Å². The number of ether oxygens (including phenoxy) is 1. The second-order valence-corrected chi connectivity index (χ2v) is 5.71. The highest BCUT2D eigenvalue weighted by molar-refractivity contribution is 5.28. The number of benzene rings is 1. The number of nitrogens with zero attached hydrogens (tertiary/aromatic N) is 1. The fraction of sp³-hybridized carbons (Fsp3) is 0.625. The van der Waals surface area contributed by atoms with E-state index in [4.69, 9.17) is 4.74 Å². The SMILES string of the molecule is CCOc1cccc(CN[C@@H]2CN3CCC2CC3)c1. The van der Waals surface area contributed by atoms with Crippen LogP contribution in [-0.2, 0) is 6.54 Å². The molecule has 104 valence electrons. The highest BCUT2D eigenvalue weighted by Crippen LogP contribution is 2.27. The molecule has 4 rings (SSSR count). The van der Waals surface area contributed by atoms with Crippen LogP contribution in [0.4, 0.5) is 0 Å². The van der Waals surface area contributed by atoms with Crippen molar-refractivity contribution < 1.29 is 4.74 Å². The maximum atomic E-state index is 5.55. The Morgan fingerprint density at radius 1 is 1.32 bits per heavy atom. The van der Waals surface area contributed by atoms with Crippen molar-refractivity contribution in [1.29, 1.82) is 0 Å². The maximum Gasteiger partial charge on any atom is 0.119 e. The van der Waals surface area contributed by atoms with Gasteiger partial charge < -0.3 is 15.0 Å². The zero-order valence-electron chi connectivity index (χ0n) is 11.8. The van der Waals surface area contributed by atoms with Gasteiger partial charge in [0.25, 0.3) is 0 Å². The molecular weight excluding hydrogens is 236 g/mol. The molecule has 0 amide bonds. The minimum atomic E-state index is 0.679. The second kappa shape index (κ2) is 5.93. The summed E-state index contributed by atoms with van der Waals surface area (Å²) >= 11 is 0. The second-order valence-electron chi connectivity index (χ2n) is 5.71. The van der Waals surface area contributed by atoms with E-state index in [0.717, 1.165) is 24.8 Å². The van der Waals surface area contributed by atoms with Gasteiger partial charge in [0.15, 0.2) is 0 Å². The van der Waals surface area contributed by atoms with Gasteiger partial charge in [-0.15, -0.1) is 0 Å². The first-order chi connectivity index (χ1) is 9.35. The van der Waals surface area contributed by atoms with Crippen molar-refractivity contribution in [2.24, 2.45) is 5.92 Å². The first-order valence-corrected chi connectivity index (χ1v) is 7.52. The highest BCUT2D eigenvalue weighted by atomic mass is 16.5. The van der Waals surface area contributed by atoms with E-state index in [1.165, 1.54) is 38.0 Å². The summed E-state index contributed by atoms with van der Waals surface area (Å²) in [6, 6.07) is 9.12. The lowest BCUT2D eigenvalue weighted by molar-refractivity contribution is 0.0720. The summed E-state index contributed by atoms with van der Waals surface area (Å²) in [6.07, 6.45) is 2.74. The van der Waals surface area contributed by atoms with Crippen LogP contribution in [-0.4, -0.2) is 37.2 Å². The van der Waals surface area contributed by atoms with Gasteiger partial charge in [-0.1, -0.05) is 12.1 Å². The van der Waals surface area contributed by atoms with Crippen LogP contribution in [0.5, 0.6) is 5.75 Å². The molecule has 0 radical (unpaired) electrons. The largest absolute Gasteiger partial charge is 0.494 e. The molecule has 0 aliphatic carbocycles. The van der Waals surface area contributed by atoms with Gasteiger partial charge in [0.1, 0.15) is 5.75 Å². The van der Waals surface area contributed by atoms with Crippen molar-refractivity contribution >= 4 is 0 Å². The molecule has 0 aromatic heterocycles. The summed E-state index contributed by atoms with van der Waals surface area (Å²) in [5.74, 6) is 1.87. The van der Waals surface area contributed by atoms with E-state index in [0.29, 0.717) is 6.04 Å². The van der Waals surface area contributed by atoms with Crippen molar-refractivity contribution in [1.82, 2.24) is 10.2 Å². The molecule has 3 nitrogen and oxygen atoms in total. The lowest BCUT2D eigenvalue weighted by Crippen LogP contribution is -2.55. The molecule has 1 aromatic rings. The predicted octanol–water partition coefficient (Wildman–Crippen LogP) is 2.27. The van der Waals surface area contributed by atoms with Crippen molar-refractivity contribution in [3.05, 3.63) is 29.8 Å². The molecule has 1 aromatic carbocycles. The predicted molar refractivity (Wildman–Crippen MR) is 77.4 cm³/mol. The zero-order valence-corrected chi connectivity index (χ0v) is 11.8. The summed E-state index contributed by atoms with van der Waals surface area (Å²) in [4.78, 5) is 2.59. The van der Waals surface area contributed by atoms with Gasteiger partial charge in [-0.2, -0.15) is 0 Å². The van der Waals surface area contributed by atoms with Gasteiger partial charge in [0.2, 0.25) is 0 Å². The molecule has 3 aliphatic rings. The van der Waals surface area contributed by atoms with E-state index in [1.807, 2.05) is 13.0 Å².